The predicted molar refractivity (Wildman–Crippen MR) is 128 cm³/mol. The van der Waals surface area contributed by atoms with Gasteiger partial charge in [0.05, 0.1) is 22.9 Å². The van der Waals surface area contributed by atoms with Crippen molar-refractivity contribution in [1.82, 2.24) is 24.7 Å². The van der Waals surface area contributed by atoms with Gasteiger partial charge < -0.3 is 10.6 Å². The van der Waals surface area contributed by atoms with E-state index >= 15 is 0 Å². The van der Waals surface area contributed by atoms with Gasteiger partial charge in [-0.25, -0.2) is 9.97 Å². The molecule has 0 spiro atoms. The summed E-state index contributed by atoms with van der Waals surface area (Å²) in [5.41, 5.74) is 6.27. The van der Waals surface area contributed by atoms with Gasteiger partial charge in [0.1, 0.15) is 0 Å². The molecule has 0 aliphatic heterocycles. The molecule has 0 radical (unpaired) electrons. The monoisotopic (exact) mass is 434 g/mol. The zero-order valence-electron chi connectivity index (χ0n) is 17.9. The topological polar surface area (TPSA) is 84.2 Å². The van der Waals surface area contributed by atoms with Crippen LogP contribution in [0.25, 0.3) is 27.9 Å². The van der Waals surface area contributed by atoms with E-state index in [9.17, 15) is 4.79 Å². The molecule has 1 amide bonds. The number of benzene rings is 2. The summed E-state index contributed by atoms with van der Waals surface area (Å²) in [5, 5.41) is 6.46. The summed E-state index contributed by atoms with van der Waals surface area (Å²) in [4.78, 5) is 26.1. The Labute approximate surface area is 190 Å². The van der Waals surface area contributed by atoms with E-state index in [2.05, 4.69) is 20.0 Å². The molecule has 5 aromatic rings. The molecule has 33 heavy (non-hydrogen) atoms. The van der Waals surface area contributed by atoms with Gasteiger partial charge >= 0.3 is 0 Å². The molecule has 0 atom stereocenters. The van der Waals surface area contributed by atoms with Crippen molar-refractivity contribution in [2.45, 2.75) is 25.4 Å². The summed E-state index contributed by atoms with van der Waals surface area (Å²) in [6.45, 7) is 0.599. The number of nitrogens with zero attached hydrogens (tertiary/aromatic N) is 4. The number of para-hydroxylation sites is 2. The fourth-order valence-corrected chi connectivity index (χ4v) is 3.98. The molecule has 1 saturated carbocycles. The molecule has 7 heteroatoms. The van der Waals surface area contributed by atoms with E-state index in [1.165, 1.54) is 0 Å². The first-order valence-electron chi connectivity index (χ1n) is 11.1. The fourth-order valence-electron chi connectivity index (χ4n) is 3.98. The van der Waals surface area contributed by atoms with Crippen LogP contribution in [0, 0.1) is 0 Å². The number of rotatable bonds is 6. The van der Waals surface area contributed by atoms with E-state index < -0.39 is 0 Å². The van der Waals surface area contributed by atoms with Crippen LogP contribution >= 0.6 is 0 Å². The average Bonchev–Trinajstić information content (AvgIpc) is 3.57. The quantitative estimate of drug-likeness (QED) is 0.413. The Morgan fingerprint density at radius 1 is 1.00 bits per heavy atom. The Kier molecular flexibility index (Phi) is 4.72. The lowest BCUT2D eigenvalue weighted by atomic mass is 10.1. The number of aromatic nitrogens is 4. The van der Waals surface area contributed by atoms with Crippen LogP contribution in [0.3, 0.4) is 0 Å². The van der Waals surface area contributed by atoms with Gasteiger partial charge in [-0.05, 0) is 48.7 Å². The minimum Gasteiger partial charge on any atom is -0.363 e. The molecular weight excluding hydrogens is 412 g/mol. The standard InChI is InChI=1S/C26H22N6O/c33-26(30-20-11-12-20)19-9-7-18(8-10-19)23-16-29-25-24(28-15-17-4-3-13-27-14-17)31-21-5-1-2-6-22(21)32(23)25/h1-10,13-14,16,20H,11-12,15H2,(H,28,31)(H,30,33). The lowest BCUT2D eigenvalue weighted by Crippen LogP contribution is -2.25. The van der Waals surface area contributed by atoms with Crippen LogP contribution in [0.4, 0.5) is 5.82 Å². The second-order valence-corrected chi connectivity index (χ2v) is 8.29. The number of pyridine rings is 1. The molecular formula is C26H22N6O. The van der Waals surface area contributed by atoms with Crippen molar-refractivity contribution in [3.8, 4) is 11.3 Å². The van der Waals surface area contributed by atoms with Gasteiger partial charge in [-0.2, -0.15) is 0 Å². The van der Waals surface area contributed by atoms with E-state index in [1.807, 2.05) is 73.1 Å². The first-order chi connectivity index (χ1) is 16.3. The first-order valence-corrected chi connectivity index (χ1v) is 11.1. The van der Waals surface area contributed by atoms with E-state index in [4.69, 9.17) is 9.97 Å². The molecule has 162 valence electrons. The van der Waals surface area contributed by atoms with E-state index in [1.54, 1.807) is 6.20 Å². The highest BCUT2D eigenvalue weighted by atomic mass is 16.1. The van der Waals surface area contributed by atoms with Crippen molar-refractivity contribution >= 4 is 28.4 Å². The Morgan fingerprint density at radius 2 is 1.85 bits per heavy atom. The second-order valence-electron chi connectivity index (χ2n) is 8.29. The smallest absolute Gasteiger partial charge is 0.251 e. The molecule has 2 N–H and O–H groups in total. The molecule has 3 aromatic heterocycles. The summed E-state index contributed by atoms with van der Waals surface area (Å²) in [5.74, 6) is 0.697. The van der Waals surface area contributed by atoms with Crippen LogP contribution in [0.5, 0.6) is 0 Å². The number of amides is 1. The third kappa shape index (κ3) is 3.78. The number of carbonyl (C=O) groups excluding carboxylic acids is 1. The lowest BCUT2D eigenvalue weighted by molar-refractivity contribution is 0.0951. The Morgan fingerprint density at radius 3 is 2.64 bits per heavy atom. The maximum atomic E-state index is 12.4. The molecule has 6 rings (SSSR count). The maximum absolute atomic E-state index is 12.4. The third-order valence-electron chi connectivity index (χ3n) is 5.87. The van der Waals surface area contributed by atoms with Gasteiger partial charge in [0.2, 0.25) is 0 Å². The molecule has 0 bridgehead atoms. The number of carbonyl (C=O) groups is 1. The Bertz CT molecular complexity index is 1460. The second kappa shape index (κ2) is 8.02. The first kappa shape index (κ1) is 19.4. The van der Waals surface area contributed by atoms with Crippen molar-refractivity contribution in [1.29, 1.82) is 0 Å². The van der Waals surface area contributed by atoms with Crippen molar-refractivity contribution in [3.05, 3.63) is 90.4 Å². The van der Waals surface area contributed by atoms with Crippen LogP contribution in [-0.4, -0.2) is 31.3 Å². The van der Waals surface area contributed by atoms with Crippen molar-refractivity contribution in [3.63, 3.8) is 0 Å². The third-order valence-corrected chi connectivity index (χ3v) is 5.87. The summed E-state index contributed by atoms with van der Waals surface area (Å²) in [6.07, 6.45) is 7.60. The molecule has 7 nitrogen and oxygen atoms in total. The predicted octanol–water partition coefficient (Wildman–Crippen LogP) is 4.45. The van der Waals surface area contributed by atoms with E-state index in [0.717, 1.165) is 46.3 Å². The van der Waals surface area contributed by atoms with Crippen LogP contribution in [0.2, 0.25) is 0 Å². The van der Waals surface area contributed by atoms with E-state index in [0.29, 0.717) is 24.0 Å². The number of anilines is 1. The zero-order valence-corrected chi connectivity index (χ0v) is 17.9. The maximum Gasteiger partial charge on any atom is 0.251 e. The zero-order chi connectivity index (χ0) is 22.2. The summed E-state index contributed by atoms with van der Waals surface area (Å²) < 4.78 is 2.12. The minimum absolute atomic E-state index is 0.0151. The van der Waals surface area contributed by atoms with Gasteiger partial charge in [0.25, 0.3) is 5.91 Å². The number of hydrogen-bond donors (Lipinski definition) is 2. The van der Waals surface area contributed by atoms with Crippen LogP contribution in [0.15, 0.2) is 79.3 Å². The molecule has 1 aliphatic rings. The average molecular weight is 435 g/mol. The van der Waals surface area contributed by atoms with Crippen molar-refractivity contribution in [2.75, 3.05) is 5.32 Å². The van der Waals surface area contributed by atoms with E-state index in [-0.39, 0.29) is 5.91 Å². The largest absolute Gasteiger partial charge is 0.363 e. The van der Waals surface area contributed by atoms with Crippen molar-refractivity contribution < 1.29 is 4.79 Å². The molecule has 3 heterocycles. The summed E-state index contributed by atoms with van der Waals surface area (Å²) >= 11 is 0. The highest BCUT2D eigenvalue weighted by molar-refractivity contribution is 5.95. The number of fused-ring (bicyclic) bond motifs is 3. The number of imidazole rings is 1. The molecule has 1 aliphatic carbocycles. The molecule has 0 saturated heterocycles. The normalized spacial score (nSPS) is 13.3. The lowest BCUT2D eigenvalue weighted by Gasteiger charge is -2.12. The van der Waals surface area contributed by atoms with Crippen LogP contribution in [0.1, 0.15) is 28.8 Å². The minimum atomic E-state index is -0.0151. The number of nitrogens with one attached hydrogen (secondary N) is 2. The van der Waals surface area contributed by atoms with Gasteiger partial charge in [0, 0.05) is 36.1 Å². The summed E-state index contributed by atoms with van der Waals surface area (Å²) in [7, 11) is 0. The molecule has 0 unspecified atom stereocenters. The van der Waals surface area contributed by atoms with Gasteiger partial charge in [0.15, 0.2) is 11.5 Å². The SMILES string of the molecule is O=C(NC1CC1)c1ccc(-c2cnc3c(NCc4cccnc4)nc4ccccc4n23)cc1. The van der Waals surface area contributed by atoms with Crippen LogP contribution in [-0.2, 0) is 6.54 Å². The molecule has 1 fully saturated rings. The fraction of sp³-hybridized carbons (Fsp3) is 0.154. The van der Waals surface area contributed by atoms with Crippen LogP contribution < -0.4 is 10.6 Å². The van der Waals surface area contributed by atoms with Gasteiger partial charge in [-0.3, -0.25) is 14.2 Å². The molecule has 2 aromatic carbocycles. The number of hydrogen-bond acceptors (Lipinski definition) is 5. The highest BCUT2D eigenvalue weighted by Crippen LogP contribution is 2.29. The van der Waals surface area contributed by atoms with Crippen molar-refractivity contribution in [2.24, 2.45) is 0 Å². The van der Waals surface area contributed by atoms with Gasteiger partial charge in [-0.15, -0.1) is 0 Å². The summed E-state index contributed by atoms with van der Waals surface area (Å²) in [6, 6.07) is 20.0. The van der Waals surface area contributed by atoms with Gasteiger partial charge in [-0.1, -0.05) is 30.3 Å². The Balaban J connectivity index is 1.40. The highest BCUT2D eigenvalue weighted by Gasteiger charge is 2.23. The Hall–Kier alpha value is -4.26.